The van der Waals surface area contributed by atoms with Crippen LogP contribution in [0.25, 0.3) is 0 Å². The largest absolute Gasteiger partial charge is 0.310 e. The Kier molecular flexibility index (Phi) is 5.23. The van der Waals surface area contributed by atoms with Gasteiger partial charge in [-0.3, -0.25) is 9.59 Å². The highest BCUT2D eigenvalue weighted by Gasteiger charge is 2.14. The van der Waals surface area contributed by atoms with E-state index >= 15 is 0 Å². The third-order valence-corrected chi connectivity index (χ3v) is 2.75. The highest BCUT2D eigenvalue weighted by Crippen LogP contribution is 2.15. The summed E-state index contributed by atoms with van der Waals surface area (Å²) in [5, 5.41) is 3.28. The van der Waals surface area contributed by atoms with Crippen LogP contribution in [0.4, 0.5) is 0 Å². The Hall–Kier alpha value is -1.48. The highest BCUT2D eigenvalue weighted by molar-refractivity contribution is 6.03. The van der Waals surface area contributed by atoms with Crippen LogP contribution < -0.4 is 5.32 Å². The van der Waals surface area contributed by atoms with E-state index in [2.05, 4.69) is 19.2 Å². The highest BCUT2D eigenvalue weighted by atomic mass is 16.1. The van der Waals surface area contributed by atoms with Crippen molar-refractivity contribution < 1.29 is 9.59 Å². The first-order chi connectivity index (χ1) is 8.45. The van der Waals surface area contributed by atoms with Crippen molar-refractivity contribution in [2.24, 2.45) is 5.92 Å². The number of Topliss-reactive ketones (excluding diaryl/α,β-unsaturated/α-hetero) is 1. The number of carbonyl (C=O) groups is 2. The minimum Gasteiger partial charge on any atom is -0.310 e. The molecule has 0 fully saturated rings. The summed E-state index contributed by atoms with van der Waals surface area (Å²) in [7, 11) is 0. The molecule has 0 saturated carbocycles. The van der Waals surface area contributed by atoms with E-state index < -0.39 is 0 Å². The van der Waals surface area contributed by atoms with Crippen molar-refractivity contribution in [2.45, 2.75) is 40.3 Å². The molecule has 0 saturated heterocycles. The molecule has 0 aromatic heterocycles. The van der Waals surface area contributed by atoms with Gasteiger partial charge in [0, 0.05) is 29.6 Å². The van der Waals surface area contributed by atoms with Gasteiger partial charge in [0.1, 0.15) is 0 Å². The van der Waals surface area contributed by atoms with E-state index in [0.29, 0.717) is 23.7 Å². The molecule has 1 rings (SSSR count). The van der Waals surface area contributed by atoms with Gasteiger partial charge in [-0.25, -0.2) is 0 Å². The molecule has 1 N–H and O–H groups in total. The number of ketones is 1. The monoisotopic (exact) mass is 247 g/mol. The molecule has 0 spiro atoms. The summed E-state index contributed by atoms with van der Waals surface area (Å²) in [5.74, 6) is -0.0798. The first kappa shape index (κ1) is 14.6. The summed E-state index contributed by atoms with van der Waals surface area (Å²) in [6.07, 6.45) is 0.758. The van der Waals surface area contributed by atoms with Gasteiger partial charge in [-0.15, -0.1) is 0 Å². The van der Waals surface area contributed by atoms with Crippen LogP contribution in [-0.4, -0.2) is 18.1 Å². The molecule has 0 bridgehead atoms. The molecule has 0 aliphatic carbocycles. The Bertz CT molecular complexity index is 436. The Morgan fingerprint density at radius 3 is 2.44 bits per heavy atom. The first-order valence-corrected chi connectivity index (χ1v) is 6.31. The fraction of sp³-hybridized carbons (Fsp3) is 0.467. The molecule has 3 nitrogen and oxygen atoms in total. The molecular weight excluding hydrogens is 226 g/mol. The predicted octanol–water partition coefficient (Wildman–Crippen LogP) is 2.84. The average Bonchev–Trinajstić information content (AvgIpc) is 2.34. The van der Waals surface area contributed by atoms with Crippen LogP contribution >= 0.6 is 0 Å². The van der Waals surface area contributed by atoms with E-state index in [4.69, 9.17) is 0 Å². The fourth-order valence-corrected chi connectivity index (χ4v) is 1.68. The van der Waals surface area contributed by atoms with Crippen molar-refractivity contribution in [3.63, 3.8) is 0 Å². The van der Waals surface area contributed by atoms with E-state index in [9.17, 15) is 9.59 Å². The quantitative estimate of drug-likeness (QED) is 0.621. The van der Waals surface area contributed by atoms with Crippen molar-refractivity contribution in [3.8, 4) is 0 Å². The zero-order chi connectivity index (χ0) is 13.7. The van der Waals surface area contributed by atoms with Crippen LogP contribution in [0.15, 0.2) is 18.2 Å². The molecule has 98 valence electrons. The molecule has 0 aliphatic rings. The van der Waals surface area contributed by atoms with Gasteiger partial charge in [-0.1, -0.05) is 39.8 Å². The third kappa shape index (κ3) is 3.77. The Labute approximate surface area is 109 Å². The lowest BCUT2D eigenvalue weighted by Gasteiger charge is -2.11. The maximum atomic E-state index is 11.9. The number of rotatable bonds is 6. The molecule has 0 radical (unpaired) electrons. The molecule has 1 aromatic carbocycles. The van der Waals surface area contributed by atoms with Crippen LogP contribution in [0.2, 0.25) is 0 Å². The first-order valence-electron chi connectivity index (χ1n) is 6.31. The fourth-order valence-electron chi connectivity index (χ4n) is 1.68. The minimum atomic E-state index is -0.0941. The normalized spacial score (nSPS) is 11.0. The summed E-state index contributed by atoms with van der Waals surface area (Å²) >= 11 is 0. The summed E-state index contributed by atoms with van der Waals surface area (Å²) in [4.78, 5) is 23.0. The predicted molar refractivity (Wildman–Crippen MR) is 73.0 cm³/mol. The van der Waals surface area contributed by atoms with Crippen LogP contribution in [0.1, 0.15) is 54.0 Å². The van der Waals surface area contributed by atoms with Gasteiger partial charge in [0.2, 0.25) is 0 Å². The van der Waals surface area contributed by atoms with Crippen LogP contribution in [0, 0.1) is 5.92 Å². The molecule has 0 amide bonds. The van der Waals surface area contributed by atoms with E-state index in [1.54, 1.807) is 12.1 Å². The molecule has 3 heteroatoms. The topological polar surface area (TPSA) is 46.2 Å². The number of aldehydes is 1. The number of hydrogen-bond acceptors (Lipinski definition) is 3. The molecule has 18 heavy (non-hydrogen) atoms. The van der Waals surface area contributed by atoms with Gasteiger partial charge in [-0.2, -0.15) is 0 Å². The number of nitrogens with one attached hydrogen (secondary N) is 1. The van der Waals surface area contributed by atoms with Crippen LogP contribution in [0.5, 0.6) is 0 Å². The maximum Gasteiger partial charge on any atom is 0.166 e. The van der Waals surface area contributed by atoms with E-state index in [-0.39, 0.29) is 11.7 Å². The molecule has 1 aromatic rings. The van der Waals surface area contributed by atoms with Crippen LogP contribution in [0.3, 0.4) is 0 Å². The number of benzene rings is 1. The maximum absolute atomic E-state index is 11.9. The van der Waals surface area contributed by atoms with Gasteiger partial charge in [0.25, 0.3) is 0 Å². The second-order valence-electron chi connectivity index (χ2n) is 5.09. The smallest absolute Gasteiger partial charge is 0.166 e. The lowest BCUT2D eigenvalue weighted by molar-refractivity contribution is 0.0934. The summed E-state index contributed by atoms with van der Waals surface area (Å²) in [5.41, 5.74) is 2.02. The molecule has 0 aliphatic heterocycles. The lowest BCUT2D eigenvalue weighted by Crippen LogP contribution is -2.22. The second kappa shape index (κ2) is 6.45. The number of carbonyl (C=O) groups excluding carboxylic acids is 2. The van der Waals surface area contributed by atoms with E-state index in [1.807, 2.05) is 19.9 Å². The van der Waals surface area contributed by atoms with Gasteiger partial charge in [-0.05, 0) is 11.6 Å². The Morgan fingerprint density at radius 2 is 1.94 bits per heavy atom. The minimum absolute atomic E-state index is 0.0143. The average molecular weight is 247 g/mol. The van der Waals surface area contributed by atoms with Gasteiger partial charge >= 0.3 is 0 Å². The summed E-state index contributed by atoms with van der Waals surface area (Å²) in [6.45, 7) is 8.51. The van der Waals surface area contributed by atoms with Gasteiger partial charge < -0.3 is 5.32 Å². The molecule has 0 atom stereocenters. The molecular formula is C15H21NO2. The second-order valence-corrected chi connectivity index (χ2v) is 5.09. The van der Waals surface area contributed by atoms with Crippen molar-refractivity contribution in [3.05, 3.63) is 34.9 Å². The van der Waals surface area contributed by atoms with Crippen molar-refractivity contribution in [1.29, 1.82) is 0 Å². The third-order valence-electron chi connectivity index (χ3n) is 2.75. The zero-order valence-electron chi connectivity index (χ0n) is 11.5. The van der Waals surface area contributed by atoms with Crippen molar-refractivity contribution in [1.82, 2.24) is 5.32 Å². The lowest BCUT2D eigenvalue weighted by atomic mass is 9.95. The molecule has 0 heterocycles. The van der Waals surface area contributed by atoms with Crippen molar-refractivity contribution in [2.75, 3.05) is 0 Å². The van der Waals surface area contributed by atoms with Crippen molar-refractivity contribution >= 4 is 12.1 Å². The Balaban J connectivity index is 2.96. The SMILES string of the molecule is CC(C)NCc1ccc(C(=O)C(C)C)c(C=O)c1. The summed E-state index contributed by atoms with van der Waals surface area (Å²) in [6, 6.07) is 5.83. The van der Waals surface area contributed by atoms with E-state index in [0.717, 1.165) is 11.8 Å². The van der Waals surface area contributed by atoms with Crippen LogP contribution in [-0.2, 0) is 6.54 Å². The zero-order valence-corrected chi connectivity index (χ0v) is 11.5. The summed E-state index contributed by atoms with van der Waals surface area (Å²) < 4.78 is 0. The molecule has 0 unspecified atom stereocenters. The van der Waals surface area contributed by atoms with Gasteiger partial charge in [0.15, 0.2) is 12.1 Å². The van der Waals surface area contributed by atoms with E-state index in [1.165, 1.54) is 0 Å². The van der Waals surface area contributed by atoms with Gasteiger partial charge in [0.05, 0.1) is 0 Å². The Morgan fingerprint density at radius 1 is 1.28 bits per heavy atom. The number of hydrogen-bond donors (Lipinski definition) is 1. The standard InChI is InChI=1S/C15H21NO2/c1-10(2)15(18)14-6-5-12(7-13(14)9-17)8-16-11(3)4/h5-7,9-11,16H,8H2,1-4H3.